The normalized spacial score (nSPS) is 12.6. The Morgan fingerprint density at radius 1 is 1.03 bits per heavy atom. The quantitative estimate of drug-likeness (QED) is 0.414. The van der Waals surface area contributed by atoms with E-state index in [1.54, 1.807) is 49.4 Å². The summed E-state index contributed by atoms with van der Waals surface area (Å²) in [5.41, 5.74) is 2.06. The molecule has 0 spiro atoms. The lowest BCUT2D eigenvalue weighted by atomic mass is 9.97. The number of thiophene rings is 1. The van der Waals surface area contributed by atoms with Gasteiger partial charge in [-0.3, -0.25) is 9.59 Å². The van der Waals surface area contributed by atoms with E-state index in [2.05, 4.69) is 5.32 Å². The fraction of sp³-hybridized carbons (Fsp3) is 0.208. The summed E-state index contributed by atoms with van der Waals surface area (Å²) in [5.74, 6) is -1.34. The Morgan fingerprint density at radius 3 is 2.29 bits per heavy atom. The lowest BCUT2D eigenvalue weighted by Crippen LogP contribution is -2.44. The number of ether oxygens (including phenoxy) is 1. The summed E-state index contributed by atoms with van der Waals surface area (Å²) in [5, 5.41) is 14.0. The van der Waals surface area contributed by atoms with Crippen molar-refractivity contribution >= 4 is 29.0 Å². The van der Waals surface area contributed by atoms with E-state index in [0.29, 0.717) is 10.4 Å². The number of rotatable bonds is 8. The minimum atomic E-state index is -0.857. The first-order chi connectivity index (χ1) is 14.9. The van der Waals surface area contributed by atoms with Crippen molar-refractivity contribution < 1.29 is 24.2 Å². The topological polar surface area (TPSA) is 92.7 Å². The molecule has 2 N–H and O–H groups in total. The van der Waals surface area contributed by atoms with Gasteiger partial charge in [0, 0.05) is 12.0 Å². The molecule has 3 rings (SSSR count). The molecule has 7 heteroatoms. The van der Waals surface area contributed by atoms with Crippen LogP contribution in [0.25, 0.3) is 0 Å². The summed E-state index contributed by atoms with van der Waals surface area (Å²) in [4.78, 5) is 38.1. The second-order valence-corrected chi connectivity index (χ2v) is 8.05. The van der Waals surface area contributed by atoms with E-state index < -0.39 is 17.9 Å². The summed E-state index contributed by atoms with van der Waals surface area (Å²) < 4.78 is 4.83. The minimum Gasteiger partial charge on any atom is -0.508 e. The molecule has 0 saturated heterocycles. The summed E-state index contributed by atoms with van der Waals surface area (Å²) in [6.45, 7) is 1.74. The number of benzene rings is 2. The Bertz CT molecular complexity index is 1040. The van der Waals surface area contributed by atoms with Crippen molar-refractivity contribution in [2.45, 2.75) is 25.3 Å². The molecular weight excluding hydrogens is 414 g/mol. The standard InChI is InChI=1S/C24H23NO5S/c1-15(17-7-9-18(10-8-17)22(27)21-4-3-13-31-21)23(28)25-20(24(29)30-2)14-16-5-11-19(26)12-6-16/h3-13,15,20,26H,14H2,1-2H3,(H,25,28)/t15-,20+/m1/s1. The van der Waals surface area contributed by atoms with Crippen molar-refractivity contribution in [2.24, 2.45) is 0 Å². The molecule has 1 heterocycles. The number of amides is 1. The maximum absolute atomic E-state index is 12.8. The zero-order valence-corrected chi connectivity index (χ0v) is 18.0. The average Bonchev–Trinajstić information content (AvgIpc) is 3.33. The Kier molecular flexibility index (Phi) is 7.20. The third-order valence-electron chi connectivity index (χ3n) is 4.99. The van der Waals surface area contributed by atoms with Crippen LogP contribution >= 0.6 is 11.3 Å². The molecule has 0 bridgehead atoms. The summed E-state index contributed by atoms with van der Waals surface area (Å²) >= 11 is 1.38. The van der Waals surface area contributed by atoms with Gasteiger partial charge in [-0.1, -0.05) is 42.5 Å². The largest absolute Gasteiger partial charge is 0.508 e. The van der Waals surface area contributed by atoms with Gasteiger partial charge in [0.05, 0.1) is 17.9 Å². The van der Waals surface area contributed by atoms with E-state index >= 15 is 0 Å². The second-order valence-electron chi connectivity index (χ2n) is 7.11. The zero-order valence-electron chi connectivity index (χ0n) is 17.2. The molecule has 3 aromatic rings. The number of carbonyl (C=O) groups excluding carboxylic acids is 3. The van der Waals surface area contributed by atoms with E-state index in [9.17, 15) is 19.5 Å². The molecule has 1 aromatic heterocycles. The predicted molar refractivity (Wildman–Crippen MR) is 118 cm³/mol. The molecule has 6 nitrogen and oxygen atoms in total. The van der Waals surface area contributed by atoms with Gasteiger partial charge in [-0.2, -0.15) is 0 Å². The number of methoxy groups -OCH3 is 1. The molecule has 0 radical (unpaired) electrons. The number of aromatic hydroxyl groups is 1. The lowest BCUT2D eigenvalue weighted by Gasteiger charge is -2.20. The molecular formula is C24H23NO5S. The zero-order chi connectivity index (χ0) is 22.4. The van der Waals surface area contributed by atoms with Gasteiger partial charge in [-0.05, 0) is 41.6 Å². The van der Waals surface area contributed by atoms with Gasteiger partial charge in [-0.25, -0.2) is 4.79 Å². The van der Waals surface area contributed by atoms with Crippen LogP contribution < -0.4 is 5.32 Å². The van der Waals surface area contributed by atoms with E-state index in [1.165, 1.54) is 30.6 Å². The van der Waals surface area contributed by atoms with Gasteiger partial charge >= 0.3 is 5.97 Å². The number of ketones is 1. The number of phenols is 1. The van der Waals surface area contributed by atoms with Crippen molar-refractivity contribution in [3.8, 4) is 5.75 Å². The smallest absolute Gasteiger partial charge is 0.328 e. The molecule has 0 unspecified atom stereocenters. The molecule has 0 aliphatic rings. The first-order valence-electron chi connectivity index (χ1n) is 9.73. The molecule has 1 amide bonds. The van der Waals surface area contributed by atoms with Crippen molar-refractivity contribution in [2.75, 3.05) is 7.11 Å². The monoisotopic (exact) mass is 437 g/mol. The first-order valence-corrected chi connectivity index (χ1v) is 10.6. The molecule has 31 heavy (non-hydrogen) atoms. The number of hydrogen-bond acceptors (Lipinski definition) is 6. The van der Waals surface area contributed by atoms with Crippen LogP contribution in [-0.2, 0) is 20.7 Å². The number of esters is 1. The van der Waals surface area contributed by atoms with Gasteiger partial charge in [-0.15, -0.1) is 11.3 Å². The fourth-order valence-corrected chi connectivity index (χ4v) is 3.81. The van der Waals surface area contributed by atoms with Crippen molar-refractivity contribution in [3.63, 3.8) is 0 Å². The number of nitrogens with one attached hydrogen (secondary N) is 1. The first kappa shape index (κ1) is 22.2. The van der Waals surface area contributed by atoms with Crippen LogP contribution in [-0.4, -0.2) is 35.9 Å². The Morgan fingerprint density at radius 2 is 1.71 bits per heavy atom. The number of hydrogen-bond donors (Lipinski definition) is 2. The molecule has 2 atom stereocenters. The van der Waals surface area contributed by atoms with Crippen LogP contribution in [0.5, 0.6) is 5.75 Å². The van der Waals surface area contributed by atoms with Gasteiger partial charge < -0.3 is 15.2 Å². The van der Waals surface area contributed by atoms with Crippen LogP contribution in [0, 0.1) is 0 Å². The highest BCUT2D eigenvalue weighted by molar-refractivity contribution is 7.12. The Balaban J connectivity index is 1.69. The van der Waals surface area contributed by atoms with E-state index in [-0.39, 0.29) is 23.9 Å². The molecule has 0 aliphatic carbocycles. The van der Waals surface area contributed by atoms with Crippen LogP contribution in [0.15, 0.2) is 66.0 Å². The number of carbonyl (C=O) groups is 3. The molecule has 160 valence electrons. The summed E-state index contributed by atoms with van der Waals surface area (Å²) in [6.07, 6.45) is 0.236. The van der Waals surface area contributed by atoms with Crippen LogP contribution in [0.4, 0.5) is 0 Å². The third kappa shape index (κ3) is 5.58. The van der Waals surface area contributed by atoms with Crippen LogP contribution in [0.2, 0.25) is 0 Å². The van der Waals surface area contributed by atoms with Gasteiger partial charge in [0.2, 0.25) is 11.7 Å². The van der Waals surface area contributed by atoms with Gasteiger partial charge in [0.15, 0.2) is 0 Å². The summed E-state index contributed by atoms with van der Waals surface area (Å²) in [6, 6.07) is 16.1. The lowest BCUT2D eigenvalue weighted by molar-refractivity contribution is -0.145. The van der Waals surface area contributed by atoms with Crippen LogP contribution in [0.1, 0.15) is 39.2 Å². The maximum atomic E-state index is 12.8. The molecule has 2 aromatic carbocycles. The maximum Gasteiger partial charge on any atom is 0.328 e. The van der Waals surface area contributed by atoms with E-state index in [1.807, 2.05) is 11.4 Å². The second kappa shape index (κ2) is 10.0. The van der Waals surface area contributed by atoms with Crippen LogP contribution in [0.3, 0.4) is 0 Å². The van der Waals surface area contributed by atoms with Gasteiger partial charge in [0.25, 0.3) is 0 Å². The highest BCUT2D eigenvalue weighted by Gasteiger charge is 2.25. The average molecular weight is 438 g/mol. The summed E-state index contributed by atoms with van der Waals surface area (Å²) in [7, 11) is 1.27. The third-order valence-corrected chi connectivity index (χ3v) is 5.86. The minimum absolute atomic E-state index is 0.0571. The number of phenolic OH excluding ortho intramolecular Hbond substituents is 1. The molecule has 0 saturated carbocycles. The van der Waals surface area contributed by atoms with Crippen molar-refractivity contribution in [1.29, 1.82) is 0 Å². The highest BCUT2D eigenvalue weighted by Crippen LogP contribution is 2.20. The van der Waals surface area contributed by atoms with Crippen molar-refractivity contribution in [1.82, 2.24) is 5.32 Å². The molecule has 0 aliphatic heterocycles. The molecule has 0 fully saturated rings. The highest BCUT2D eigenvalue weighted by atomic mass is 32.1. The van der Waals surface area contributed by atoms with Gasteiger partial charge in [0.1, 0.15) is 11.8 Å². The Labute approximate surface area is 184 Å². The Hall–Kier alpha value is -3.45. The van der Waals surface area contributed by atoms with E-state index in [0.717, 1.165) is 11.1 Å². The van der Waals surface area contributed by atoms with E-state index in [4.69, 9.17) is 4.74 Å². The predicted octanol–water partition coefficient (Wildman–Crippen LogP) is 3.69. The fourth-order valence-electron chi connectivity index (χ4n) is 3.12. The SMILES string of the molecule is COC(=O)[C@H](Cc1ccc(O)cc1)NC(=O)[C@H](C)c1ccc(C(=O)c2cccs2)cc1. The van der Waals surface area contributed by atoms with Crippen molar-refractivity contribution in [3.05, 3.63) is 87.6 Å².